The third-order valence-electron chi connectivity index (χ3n) is 4.28. The molecule has 0 amide bonds. The van der Waals surface area contributed by atoms with Gasteiger partial charge in [0.2, 0.25) is 0 Å². The number of hydrogen-bond acceptors (Lipinski definition) is 4. The lowest BCUT2D eigenvalue weighted by Crippen LogP contribution is -2.36. The van der Waals surface area contributed by atoms with E-state index in [2.05, 4.69) is 25.5 Å². The van der Waals surface area contributed by atoms with Crippen molar-refractivity contribution >= 4 is 5.96 Å². The number of nitrogens with one attached hydrogen (secondary N) is 2. The number of guanidine groups is 1. The van der Waals surface area contributed by atoms with Gasteiger partial charge in [-0.15, -0.1) is 0 Å². The van der Waals surface area contributed by atoms with Gasteiger partial charge in [0.25, 0.3) is 0 Å². The number of aliphatic imine (C=N–C) groups is 1. The van der Waals surface area contributed by atoms with Crippen LogP contribution in [0.5, 0.6) is 11.5 Å². The molecule has 0 aliphatic heterocycles. The molecule has 1 heterocycles. The van der Waals surface area contributed by atoms with Crippen molar-refractivity contribution in [3.63, 3.8) is 0 Å². The minimum Gasteiger partial charge on any atom is -0.497 e. The molecule has 0 radical (unpaired) electrons. The summed E-state index contributed by atoms with van der Waals surface area (Å²) in [7, 11) is 3.25. The maximum Gasteiger partial charge on any atom is 0.387 e. The lowest BCUT2D eigenvalue weighted by atomic mass is 10.2. The maximum absolute atomic E-state index is 12.5. The van der Waals surface area contributed by atoms with E-state index in [1.807, 2.05) is 36.5 Å². The quantitative estimate of drug-likeness (QED) is 0.436. The number of ether oxygens (including phenoxy) is 2. The Morgan fingerprint density at radius 1 is 1.07 bits per heavy atom. The minimum atomic E-state index is -2.87. The second-order valence-corrected chi connectivity index (χ2v) is 6.22. The summed E-state index contributed by atoms with van der Waals surface area (Å²) in [6.45, 7) is -2.15. The summed E-state index contributed by atoms with van der Waals surface area (Å²) in [4.78, 5) is 4.15. The van der Waals surface area contributed by atoms with Gasteiger partial charge in [-0.1, -0.05) is 18.2 Å². The number of benzene rings is 2. The molecule has 0 saturated heterocycles. The zero-order valence-corrected chi connectivity index (χ0v) is 16.7. The van der Waals surface area contributed by atoms with E-state index in [1.165, 1.54) is 6.07 Å². The van der Waals surface area contributed by atoms with E-state index in [9.17, 15) is 8.78 Å². The molecule has 0 unspecified atom stereocenters. The predicted octanol–water partition coefficient (Wildman–Crippen LogP) is 3.35. The van der Waals surface area contributed by atoms with Gasteiger partial charge in [0, 0.05) is 25.4 Å². The van der Waals surface area contributed by atoms with Crippen LogP contribution in [0.25, 0.3) is 5.69 Å². The molecule has 30 heavy (non-hydrogen) atoms. The largest absolute Gasteiger partial charge is 0.497 e. The Hall–Kier alpha value is -3.62. The van der Waals surface area contributed by atoms with Crippen molar-refractivity contribution in [2.75, 3.05) is 14.2 Å². The van der Waals surface area contributed by atoms with Crippen molar-refractivity contribution < 1.29 is 18.3 Å². The molecule has 2 aromatic carbocycles. The van der Waals surface area contributed by atoms with Crippen molar-refractivity contribution in [3.8, 4) is 17.2 Å². The topological polar surface area (TPSA) is 72.7 Å². The molecule has 0 aliphatic carbocycles. The summed E-state index contributed by atoms with van der Waals surface area (Å²) < 4.78 is 36.6. The number of hydrogen-bond donors (Lipinski definition) is 2. The monoisotopic (exact) mass is 415 g/mol. The van der Waals surface area contributed by atoms with Gasteiger partial charge in [-0.25, -0.2) is 4.68 Å². The van der Waals surface area contributed by atoms with Gasteiger partial charge < -0.3 is 20.1 Å². The van der Waals surface area contributed by atoms with Gasteiger partial charge >= 0.3 is 6.61 Å². The van der Waals surface area contributed by atoms with E-state index in [1.54, 1.807) is 37.0 Å². The smallest absolute Gasteiger partial charge is 0.387 e. The molecule has 0 atom stereocenters. The van der Waals surface area contributed by atoms with E-state index in [-0.39, 0.29) is 12.3 Å². The molecule has 3 rings (SSSR count). The Labute approximate surface area is 173 Å². The molecule has 158 valence electrons. The molecule has 1 aromatic heterocycles. The van der Waals surface area contributed by atoms with Crippen LogP contribution in [0.2, 0.25) is 0 Å². The Bertz CT molecular complexity index is 974. The summed E-state index contributed by atoms with van der Waals surface area (Å²) in [6.07, 6.45) is 1.87. The lowest BCUT2D eigenvalue weighted by Gasteiger charge is -2.14. The molecule has 7 nitrogen and oxygen atoms in total. The molecule has 0 spiro atoms. The molecule has 3 aromatic rings. The summed E-state index contributed by atoms with van der Waals surface area (Å²) in [6, 6.07) is 16.1. The molecule has 0 saturated carbocycles. The first-order valence-electron chi connectivity index (χ1n) is 9.25. The number of rotatable bonds is 8. The highest BCUT2D eigenvalue weighted by Crippen LogP contribution is 2.20. The Balaban J connectivity index is 1.56. The van der Waals surface area contributed by atoms with Crippen LogP contribution in [0.15, 0.2) is 65.8 Å². The summed E-state index contributed by atoms with van der Waals surface area (Å²) >= 11 is 0. The molecule has 0 aliphatic rings. The first kappa shape index (κ1) is 21.1. The molecule has 0 bridgehead atoms. The first-order chi connectivity index (χ1) is 14.6. The molecular weight excluding hydrogens is 392 g/mol. The minimum absolute atomic E-state index is 0.133. The van der Waals surface area contributed by atoms with Crippen molar-refractivity contribution in [2.45, 2.75) is 19.7 Å². The van der Waals surface area contributed by atoms with Crippen molar-refractivity contribution in [1.29, 1.82) is 0 Å². The highest BCUT2D eigenvalue weighted by molar-refractivity contribution is 5.79. The van der Waals surface area contributed by atoms with Crippen molar-refractivity contribution in [1.82, 2.24) is 20.4 Å². The van der Waals surface area contributed by atoms with E-state index < -0.39 is 6.61 Å². The Morgan fingerprint density at radius 3 is 2.50 bits per heavy atom. The summed E-state index contributed by atoms with van der Waals surface area (Å²) in [5, 5.41) is 10.8. The van der Waals surface area contributed by atoms with E-state index in [0.29, 0.717) is 18.1 Å². The van der Waals surface area contributed by atoms with Crippen LogP contribution in [-0.2, 0) is 13.1 Å². The van der Waals surface area contributed by atoms with Crippen LogP contribution in [0.1, 0.15) is 11.3 Å². The molecule has 2 N–H and O–H groups in total. The van der Waals surface area contributed by atoms with Crippen LogP contribution in [-0.4, -0.2) is 36.5 Å². The van der Waals surface area contributed by atoms with Crippen LogP contribution in [0, 0.1) is 0 Å². The molecule has 0 fully saturated rings. The second kappa shape index (κ2) is 10.2. The number of para-hydroxylation sites is 1. The zero-order valence-electron chi connectivity index (χ0n) is 16.7. The number of halogens is 2. The number of alkyl halides is 2. The molecule has 9 heteroatoms. The van der Waals surface area contributed by atoms with Crippen molar-refractivity contribution in [3.05, 3.63) is 72.1 Å². The van der Waals surface area contributed by atoms with Gasteiger partial charge in [-0.2, -0.15) is 13.9 Å². The highest BCUT2D eigenvalue weighted by atomic mass is 19.3. The fourth-order valence-corrected chi connectivity index (χ4v) is 2.77. The Morgan fingerprint density at radius 2 is 1.80 bits per heavy atom. The van der Waals surface area contributed by atoms with Gasteiger partial charge in [0.05, 0.1) is 25.0 Å². The SMILES string of the molecule is CN=C(NCc1ccn(-c2ccc(OC)cc2)n1)NCc1ccccc1OC(F)F. The van der Waals surface area contributed by atoms with E-state index in [0.717, 1.165) is 17.1 Å². The van der Waals surface area contributed by atoms with Crippen molar-refractivity contribution in [2.24, 2.45) is 4.99 Å². The summed E-state index contributed by atoms with van der Waals surface area (Å²) in [5.41, 5.74) is 2.33. The van der Waals surface area contributed by atoms with Crippen LogP contribution in [0.3, 0.4) is 0 Å². The summed E-state index contributed by atoms with van der Waals surface area (Å²) in [5.74, 6) is 1.43. The average molecular weight is 415 g/mol. The highest BCUT2D eigenvalue weighted by Gasteiger charge is 2.10. The van der Waals surface area contributed by atoms with Gasteiger partial charge in [-0.3, -0.25) is 4.99 Å². The zero-order chi connectivity index (χ0) is 21.3. The molecular formula is C21H23F2N5O2. The van der Waals surface area contributed by atoms with Crippen LogP contribution in [0.4, 0.5) is 8.78 Å². The van der Waals surface area contributed by atoms with Gasteiger partial charge in [0.1, 0.15) is 11.5 Å². The fraction of sp³-hybridized carbons (Fsp3) is 0.238. The first-order valence-corrected chi connectivity index (χ1v) is 9.25. The third-order valence-corrected chi connectivity index (χ3v) is 4.28. The average Bonchev–Trinajstić information content (AvgIpc) is 3.23. The van der Waals surface area contributed by atoms with Gasteiger partial charge in [0.15, 0.2) is 5.96 Å². The number of methoxy groups -OCH3 is 1. The van der Waals surface area contributed by atoms with E-state index >= 15 is 0 Å². The predicted molar refractivity (Wildman–Crippen MR) is 110 cm³/mol. The lowest BCUT2D eigenvalue weighted by molar-refractivity contribution is -0.0504. The normalized spacial score (nSPS) is 11.4. The number of aromatic nitrogens is 2. The van der Waals surface area contributed by atoms with Crippen LogP contribution >= 0.6 is 0 Å². The third kappa shape index (κ3) is 5.69. The van der Waals surface area contributed by atoms with E-state index in [4.69, 9.17) is 4.74 Å². The maximum atomic E-state index is 12.5. The van der Waals surface area contributed by atoms with Crippen LogP contribution < -0.4 is 20.1 Å². The fourth-order valence-electron chi connectivity index (χ4n) is 2.77. The Kier molecular flexibility index (Phi) is 7.20. The number of nitrogens with zero attached hydrogens (tertiary/aromatic N) is 3. The van der Waals surface area contributed by atoms with Gasteiger partial charge in [-0.05, 0) is 36.4 Å². The second-order valence-electron chi connectivity index (χ2n) is 6.22. The standard InChI is InChI=1S/C21H23F2N5O2/c1-24-21(25-13-15-5-3-4-6-19(15)30-20(22)23)26-14-16-11-12-28(27-16)17-7-9-18(29-2)10-8-17/h3-12,20H,13-14H2,1-2H3,(H2,24,25,26).